The zero-order valence-electron chi connectivity index (χ0n) is 17.0. The van der Waals surface area contributed by atoms with Crippen LogP contribution in [-0.2, 0) is 0 Å². The summed E-state index contributed by atoms with van der Waals surface area (Å²) >= 11 is 0. The summed E-state index contributed by atoms with van der Waals surface area (Å²) in [5, 5.41) is 8.01. The summed E-state index contributed by atoms with van der Waals surface area (Å²) in [5.41, 5.74) is 11.8. The van der Waals surface area contributed by atoms with Crippen LogP contribution in [0, 0.1) is 0 Å². The van der Waals surface area contributed by atoms with E-state index in [9.17, 15) is 0 Å². The van der Waals surface area contributed by atoms with Crippen molar-refractivity contribution in [1.82, 2.24) is 19.5 Å². The molecule has 5 rings (SSSR count). The SMILES string of the molecule is CN1CCN(c2ccc(Nc3ncc4ccc(-c5cccc(N)c5)n4n3)cc2)CC1. The van der Waals surface area contributed by atoms with E-state index in [1.807, 2.05) is 47.1 Å². The number of piperazine rings is 1. The number of benzene rings is 2. The fraction of sp³-hybridized carbons (Fsp3) is 0.217. The molecule has 7 heteroatoms. The number of likely N-dealkylation sites (N-methyl/N-ethyl adjacent to an activating group) is 1. The van der Waals surface area contributed by atoms with Gasteiger partial charge < -0.3 is 20.9 Å². The van der Waals surface area contributed by atoms with Crippen molar-refractivity contribution in [2.45, 2.75) is 0 Å². The fourth-order valence-electron chi connectivity index (χ4n) is 3.82. The highest BCUT2D eigenvalue weighted by Crippen LogP contribution is 2.25. The van der Waals surface area contributed by atoms with Crippen LogP contribution < -0.4 is 16.0 Å². The van der Waals surface area contributed by atoms with E-state index in [4.69, 9.17) is 10.8 Å². The second-order valence-corrected chi connectivity index (χ2v) is 7.72. The van der Waals surface area contributed by atoms with Crippen molar-refractivity contribution in [3.05, 3.63) is 66.9 Å². The molecule has 0 radical (unpaired) electrons. The highest BCUT2D eigenvalue weighted by Gasteiger charge is 2.14. The van der Waals surface area contributed by atoms with Gasteiger partial charge in [0.25, 0.3) is 0 Å². The minimum atomic E-state index is 0.552. The Morgan fingerprint density at radius 1 is 0.933 bits per heavy atom. The maximum atomic E-state index is 5.95. The third kappa shape index (κ3) is 3.67. The molecule has 1 saturated heterocycles. The summed E-state index contributed by atoms with van der Waals surface area (Å²) < 4.78 is 1.89. The molecule has 0 amide bonds. The van der Waals surface area contributed by atoms with E-state index in [0.717, 1.165) is 54.3 Å². The Balaban J connectivity index is 1.37. The number of hydrogen-bond acceptors (Lipinski definition) is 6. The van der Waals surface area contributed by atoms with Crippen LogP contribution >= 0.6 is 0 Å². The summed E-state index contributed by atoms with van der Waals surface area (Å²) in [7, 11) is 2.17. The molecule has 2 aromatic carbocycles. The minimum absolute atomic E-state index is 0.552. The van der Waals surface area contributed by atoms with Crippen molar-refractivity contribution < 1.29 is 0 Å². The van der Waals surface area contributed by atoms with E-state index in [2.05, 4.69) is 51.4 Å². The molecule has 0 unspecified atom stereocenters. The Morgan fingerprint density at radius 3 is 2.50 bits per heavy atom. The summed E-state index contributed by atoms with van der Waals surface area (Å²) in [6.07, 6.45) is 1.82. The molecule has 30 heavy (non-hydrogen) atoms. The van der Waals surface area contributed by atoms with Crippen LogP contribution in [0.2, 0.25) is 0 Å². The number of fused-ring (bicyclic) bond motifs is 1. The predicted octanol–water partition coefficient (Wildman–Crippen LogP) is 3.47. The third-order valence-electron chi connectivity index (χ3n) is 5.57. The zero-order valence-corrected chi connectivity index (χ0v) is 17.0. The highest BCUT2D eigenvalue weighted by molar-refractivity contribution is 5.69. The van der Waals surface area contributed by atoms with Gasteiger partial charge in [-0.05, 0) is 55.6 Å². The van der Waals surface area contributed by atoms with Crippen molar-refractivity contribution >= 4 is 28.5 Å². The lowest BCUT2D eigenvalue weighted by molar-refractivity contribution is 0.313. The van der Waals surface area contributed by atoms with Gasteiger partial charge in [0.15, 0.2) is 0 Å². The molecule has 0 spiro atoms. The topological polar surface area (TPSA) is 74.7 Å². The van der Waals surface area contributed by atoms with Crippen LogP contribution in [0.5, 0.6) is 0 Å². The number of nitrogens with one attached hydrogen (secondary N) is 1. The van der Waals surface area contributed by atoms with Crippen LogP contribution in [0.1, 0.15) is 0 Å². The monoisotopic (exact) mass is 399 g/mol. The highest BCUT2D eigenvalue weighted by atomic mass is 15.3. The van der Waals surface area contributed by atoms with E-state index < -0.39 is 0 Å². The molecule has 0 bridgehead atoms. The average molecular weight is 400 g/mol. The first-order valence-electron chi connectivity index (χ1n) is 10.2. The predicted molar refractivity (Wildman–Crippen MR) is 122 cm³/mol. The van der Waals surface area contributed by atoms with Crippen molar-refractivity contribution in [2.24, 2.45) is 0 Å². The van der Waals surface area contributed by atoms with Gasteiger partial charge in [0, 0.05) is 48.8 Å². The standard InChI is InChI=1S/C23H25N7/c1-28-11-13-29(14-12-28)20-7-5-19(6-8-20)26-23-25-16-21-9-10-22(30(21)27-23)17-3-2-4-18(24)15-17/h2-10,15-16H,11-14,24H2,1H3,(H,26,27). The van der Waals surface area contributed by atoms with Gasteiger partial charge in [0.2, 0.25) is 5.95 Å². The van der Waals surface area contributed by atoms with Crippen LogP contribution in [0.25, 0.3) is 16.8 Å². The van der Waals surface area contributed by atoms with E-state index in [1.165, 1.54) is 5.69 Å². The van der Waals surface area contributed by atoms with Crippen molar-refractivity contribution in [1.29, 1.82) is 0 Å². The largest absolute Gasteiger partial charge is 0.399 e. The van der Waals surface area contributed by atoms with Gasteiger partial charge in [-0.2, -0.15) is 0 Å². The number of hydrogen-bond donors (Lipinski definition) is 2. The molecule has 0 aliphatic carbocycles. The van der Waals surface area contributed by atoms with Crippen LogP contribution in [-0.4, -0.2) is 52.7 Å². The van der Waals surface area contributed by atoms with Crippen molar-refractivity contribution in [3.8, 4) is 11.3 Å². The normalized spacial score (nSPS) is 14.9. The Morgan fingerprint density at radius 2 is 1.73 bits per heavy atom. The molecular formula is C23H25N7. The van der Waals surface area contributed by atoms with Gasteiger partial charge in [-0.3, -0.25) is 0 Å². The average Bonchev–Trinajstić information content (AvgIpc) is 3.18. The summed E-state index contributed by atoms with van der Waals surface area (Å²) in [5.74, 6) is 0.552. The molecule has 0 atom stereocenters. The second-order valence-electron chi connectivity index (χ2n) is 7.72. The van der Waals surface area contributed by atoms with Gasteiger partial charge in [0.05, 0.1) is 17.4 Å². The zero-order chi connectivity index (χ0) is 20.5. The summed E-state index contributed by atoms with van der Waals surface area (Å²) in [6, 6.07) is 20.3. The number of anilines is 4. The molecular weight excluding hydrogens is 374 g/mol. The molecule has 3 N–H and O–H groups in total. The minimum Gasteiger partial charge on any atom is -0.399 e. The number of nitrogens with zero attached hydrogens (tertiary/aromatic N) is 5. The van der Waals surface area contributed by atoms with Gasteiger partial charge in [-0.15, -0.1) is 5.10 Å². The molecule has 7 nitrogen and oxygen atoms in total. The van der Waals surface area contributed by atoms with Crippen LogP contribution in [0.15, 0.2) is 66.9 Å². The Labute approximate surface area is 175 Å². The van der Waals surface area contributed by atoms with E-state index in [-0.39, 0.29) is 0 Å². The summed E-state index contributed by atoms with van der Waals surface area (Å²) in [6.45, 7) is 4.31. The Hall–Kier alpha value is -3.58. The van der Waals surface area contributed by atoms with Crippen LogP contribution in [0.4, 0.5) is 23.0 Å². The van der Waals surface area contributed by atoms with E-state index >= 15 is 0 Å². The molecule has 1 aliphatic heterocycles. The molecule has 2 aromatic heterocycles. The second kappa shape index (κ2) is 7.68. The third-order valence-corrected chi connectivity index (χ3v) is 5.57. The number of aromatic nitrogens is 3. The molecule has 4 aromatic rings. The maximum Gasteiger partial charge on any atom is 0.245 e. The molecule has 0 saturated carbocycles. The Bertz CT molecular complexity index is 1160. The summed E-state index contributed by atoms with van der Waals surface area (Å²) in [4.78, 5) is 9.24. The van der Waals surface area contributed by atoms with E-state index in [1.54, 1.807) is 0 Å². The quantitative estimate of drug-likeness (QED) is 0.512. The lowest BCUT2D eigenvalue weighted by Crippen LogP contribution is -2.44. The molecule has 152 valence electrons. The van der Waals surface area contributed by atoms with Crippen LogP contribution in [0.3, 0.4) is 0 Å². The fourth-order valence-corrected chi connectivity index (χ4v) is 3.82. The number of nitrogen functional groups attached to an aromatic ring is 1. The first-order chi connectivity index (χ1) is 14.7. The van der Waals surface area contributed by atoms with Gasteiger partial charge >= 0.3 is 0 Å². The first kappa shape index (κ1) is 18.4. The van der Waals surface area contributed by atoms with Gasteiger partial charge in [-0.25, -0.2) is 9.50 Å². The number of nitrogens with two attached hydrogens (primary N) is 1. The lowest BCUT2D eigenvalue weighted by atomic mass is 10.1. The molecule has 1 aliphatic rings. The molecule has 1 fully saturated rings. The lowest BCUT2D eigenvalue weighted by Gasteiger charge is -2.34. The molecule has 3 heterocycles. The van der Waals surface area contributed by atoms with Gasteiger partial charge in [-0.1, -0.05) is 12.1 Å². The first-order valence-corrected chi connectivity index (χ1v) is 10.2. The van der Waals surface area contributed by atoms with Crippen molar-refractivity contribution in [2.75, 3.05) is 49.2 Å². The van der Waals surface area contributed by atoms with Crippen molar-refractivity contribution in [3.63, 3.8) is 0 Å². The Kier molecular flexibility index (Phi) is 4.72. The smallest absolute Gasteiger partial charge is 0.245 e. The van der Waals surface area contributed by atoms with E-state index in [0.29, 0.717) is 5.95 Å². The number of rotatable bonds is 4. The van der Waals surface area contributed by atoms with Gasteiger partial charge in [0.1, 0.15) is 0 Å². The maximum absolute atomic E-state index is 5.95.